The van der Waals surface area contributed by atoms with Gasteiger partial charge < -0.3 is 20.5 Å². The SMILES string of the molecule is O=C(c1cc2ccc(-c3nc(Nc4ccc5[nH]ncc5c4)c4sccc4n3)cc2[nH]1)N1CCC2(CCNCC2)CC1. The second-order valence-electron chi connectivity index (χ2n) is 11.4. The normalized spacial score (nSPS) is 17.1. The number of hydrogen-bond acceptors (Lipinski definition) is 7. The first kappa shape index (κ1) is 24.5. The van der Waals surface area contributed by atoms with Gasteiger partial charge in [-0.15, -0.1) is 11.3 Å². The molecule has 2 aliphatic heterocycles. The summed E-state index contributed by atoms with van der Waals surface area (Å²) in [6.07, 6.45) is 6.45. The molecule has 10 heteroatoms. The molecule has 2 aromatic carbocycles. The Bertz CT molecular complexity index is 1900. The highest BCUT2D eigenvalue weighted by Crippen LogP contribution is 2.40. The average Bonchev–Trinajstić information content (AvgIpc) is 3.76. The summed E-state index contributed by atoms with van der Waals surface area (Å²) in [5.41, 5.74) is 5.68. The van der Waals surface area contributed by atoms with Crippen LogP contribution in [0, 0.1) is 5.41 Å². The van der Waals surface area contributed by atoms with Crippen LogP contribution in [0.5, 0.6) is 0 Å². The maximum Gasteiger partial charge on any atom is 0.270 e. The lowest BCUT2D eigenvalue weighted by molar-refractivity contribution is 0.0491. The Hall–Kier alpha value is -4.28. The molecule has 1 amide bonds. The molecular formula is C31H30N8OS. The van der Waals surface area contributed by atoms with E-state index < -0.39 is 0 Å². The third kappa shape index (κ3) is 4.43. The lowest BCUT2D eigenvalue weighted by Gasteiger charge is -2.44. The minimum atomic E-state index is 0.0866. The molecular weight excluding hydrogens is 532 g/mol. The zero-order chi connectivity index (χ0) is 27.4. The Balaban J connectivity index is 1.07. The number of thiophene rings is 1. The van der Waals surface area contributed by atoms with Crippen molar-refractivity contribution in [1.82, 2.24) is 35.4 Å². The quantitative estimate of drug-likeness (QED) is 0.208. The number of anilines is 2. The number of nitrogens with one attached hydrogen (secondary N) is 4. The van der Waals surface area contributed by atoms with Gasteiger partial charge in [0.05, 0.1) is 21.9 Å². The smallest absolute Gasteiger partial charge is 0.270 e. The maximum atomic E-state index is 13.4. The number of rotatable bonds is 4. The second-order valence-corrected chi connectivity index (χ2v) is 12.3. The van der Waals surface area contributed by atoms with Crippen LogP contribution in [0.4, 0.5) is 11.5 Å². The molecule has 4 N–H and O–H groups in total. The van der Waals surface area contributed by atoms with Gasteiger partial charge in [0.1, 0.15) is 5.69 Å². The van der Waals surface area contributed by atoms with E-state index in [0.717, 1.165) is 88.1 Å². The first-order valence-electron chi connectivity index (χ1n) is 14.2. The highest BCUT2D eigenvalue weighted by molar-refractivity contribution is 7.17. The van der Waals surface area contributed by atoms with Crippen molar-refractivity contribution >= 4 is 60.8 Å². The number of nitrogens with zero attached hydrogens (tertiary/aromatic N) is 4. The summed E-state index contributed by atoms with van der Waals surface area (Å²) in [5.74, 6) is 1.49. The van der Waals surface area contributed by atoms with Crippen LogP contribution in [0.25, 0.3) is 43.4 Å². The Morgan fingerprint density at radius 3 is 2.68 bits per heavy atom. The number of piperidine rings is 2. The zero-order valence-electron chi connectivity index (χ0n) is 22.5. The predicted octanol–water partition coefficient (Wildman–Crippen LogP) is 6.07. The van der Waals surface area contributed by atoms with Crippen molar-refractivity contribution in [3.8, 4) is 11.4 Å². The van der Waals surface area contributed by atoms with E-state index in [1.807, 2.05) is 58.9 Å². The molecule has 206 valence electrons. The van der Waals surface area contributed by atoms with E-state index in [4.69, 9.17) is 9.97 Å². The third-order valence-corrected chi connectivity index (χ3v) is 9.80. The molecule has 2 aliphatic rings. The van der Waals surface area contributed by atoms with Crippen LogP contribution in [0.2, 0.25) is 0 Å². The van der Waals surface area contributed by atoms with Gasteiger partial charge in [0, 0.05) is 40.6 Å². The van der Waals surface area contributed by atoms with E-state index in [1.165, 1.54) is 12.8 Å². The number of aromatic nitrogens is 5. The highest BCUT2D eigenvalue weighted by atomic mass is 32.1. The van der Waals surface area contributed by atoms with E-state index in [1.54, 1.807) is 11.3 Å². The first-order chi connectivity index (χ1) is 20.1. The summed E-state index contributed by atoms with van der Waals surface area (Å²) in [7, 11) is 0. The molecule has 0 aliphatic carbocycles. The summed E-state index contributed by atoms with van der Waals surface area (Å²) in [6.45, 7) is 3.86. The molecule has 0 radical (unpaired) electrons. The Morgan fingerprint density at radius 2 is 1.80 bits per heavy atom. The Kier molecular flexibility index (Phi) is 5.78. The monoisotopic (exact) mass is 562 g/mol. The molecule has 0 unspecified atom stereocenters. The van der Waals surface area contributed by atoms with Crippen molar-refractivity contribution in [1.29, 1.82) is 0 Å². The van der Waals surface area contributed by atoms with Crippen molar-refractivity contribution in [2.24, 2.45) is 5.41 Å². The summed E-state index contributed by atoms with van der Waals surface area (Å²) in [5, 5.41) is 18.2. The number of hydrogen-bond donors (Lipinski definition) is 4. The van der Waals surface area contributed by atoms with Crippen molar-refractivity contribution in [3.05, 3.63) is 65.8 Å². The Labute approximate surface area is 240 Å². The third-order valence-electron chi connectivity index (χ3n) is 8.89. The summed E-state index contributed by atoms with van der Waals surface area (Å²) >= 11 is 1.61. The van der Waals surface area contributed by atoms with Crippen molar-refractivity contribution in [3.63, 3.8) is 0 Å². The molecule has 0 bridgehead atoms. The standard InChI is InChI=1S/C31H30N8OS/c40-30(39-12-8-31(9-13-39)6-10-32-11-7-31)26-16-19-1-2-20(17-25(19)35-26)28-36-24-5-14-41-27(24)29(37-28)34-22-3-4-23-21(15-22)18-33-38-23/h1-5,14-18,32,35H,6-13H2,(H,33,38)(H,34,36,37). The largest absolute Gasteiger partial charge is 0.351 e. The van der Waals surface area contributed by atoms with E-state index in [2.05, 4.69) is 31.9 Å². The van der Waals surface area contributed by atoms with Gasteiger partial charge in [0.25, 0.3) is 5.91 Å². The van der Waals surface area contributed by atoms with E-state index >= 15 is 0 Å². The second kappa shape index (κ2) is 9.67. The van der Waals surface area contributed by atoms with Crippen molar-refractivity contribution < 1.29 is 4.79 Å². The van der Waals surface area contributed by atoms with Crippen molar-refractivity contribution in [2.75, 3.05) is 31.5 Å². The molecule has 8 rings (SSSR count). The van der Waals surface area contributed by atoms with Crippen LogP contribution in [0.3, 0.4) is 0 Å². The van der Waals surface area contributed by atoms with Gasteiger partial charge in [-0.25, -0.2) is 9.97 Å². The van der Waals surface area contributed by atoms with E-state index in [9.17, 15) is 4.79 Å². The summed E-state index contributed by atoms with van der Waals surface area (Å²) in [6, 6.07) is 16.2. The zero-order valence-corrected chi connectivity index (χ0v) is 23.4. The molecule has 41 heavy (non-hydrogen) atoms. The molecule has 6 heterocycles. The number of aromatic amines is 2. The highest BCUT2D eigenvalue weighted by Gasteiger charge is 2.37. The molecule has 2 fully saturated rings. The van der Waals surface area contributed by atoms with E-state index in [-0.39, 0.29) is 5.91 Å². The molecule has 2 saturated heterocycles. The lowest BCUT2D eigenvalue weighted by atomic mass is 9.71. The molecule has 1 spiro atoms. The van der Waals surface area contributed by atoms with Crippen molar-refractivity contribution in [2.45, 2.75) is 25.7 Å². The topological polar surface area (TPSA) is 115 Å². The summed E-state index contributed by atoms with van der Waals surface area (Å²) in [4.78, 5) is 28.7. The number of benzene rings is 2. The minimum absolute atomic E-state index is 0.0866. The fraction of sp³-hybridized carbons (Fsp3) is 0.290. The first-order valence-corrected chi connectivity index (χ1v) is 15.1. The fourth-order valence-electron chi connectivity index (χ4n) is 6.43. The van der Waals surface area contributed by atoms with Crippen LogP contribution < -0.4 is 10.6 Å². The number of carbonyl (C=O) groups is 1. The van der Waals surface area contributed by atoms with Crippen LogP contribution in [0.15, 0.2) is 60.1 Å². The van der Waals surface area contributed by atoms with Gasteiger partial charge in [-0.05, 0) is 86.0 Å². The van der Waals surface area contributed by atoms with Gasteiger partial charge >= 0.3 is 0 Å². The van der Waals surface area contributed by atoms with Gasteiger partial charge in [-0.3, -0.25) is 9.89 Å². The summed E-state index contributed by atoms with van der Waals surface area (Å²) < 4.78 is 1.00. The number of H-pyrrole nitrogens is 2. The number of likely N-dealkylation sites (tertiary alicyclic amines) is 1. The molecule has 0 saturated carbocycles. The lowest BCUT2D eigenvalue weighted by Crippen LogP contribution is -2.47. The van der Waals surface area contributed by atoms with E-state index in [0.29, 0.717) is 16.9 Å². The van der Waals surface area contributed by atoms with Crippen LogP contribution in [0.1, 0.15) is 36.2 Å². The van der Waals surface area contributed by atoms with Crippen LogP contribution in [-0.4, -0.2) is 62.1 Å². The fourth-order valence-corrected chi connectivity index (χ4v) is 7.20. The Morgan fingerprint density at radius 1 is 0.927 bits per heavy atom. The maximum absolute atomic E-state index is 13.4. The molecule has 0 atom stereocenters. The molecule has 4 aromatic heterocycles. The van der Waals surface area contributed by atoms with Gasteiger partial charge in [-0.1, -0.05) is 12.1 Å². The molecule has 9 nitrogen and oxygen atoms in total. The predicted molar refractivity (Wildman–Crippen MR) is 164 cm³/mol. The van der Waals surface area contributed by atoms with Crippen LogP contribution in [-0.2, 0) is 0 Å². The van der Waals surface area contributed by atoms with Crippen LogP contribution >= 0.6 is 11.3 Å². The average molecular weight is 563 g/mol. The number of fused-ring (bicyclic) bond motifs is 3. The number of carbonyl (C=O) groups excluding carboxylic acids is 1. The molecule has 6 aromatic rings. The van der Waals surface area contributed by atoms with Gasteiger partial charge in [0.2, 0.25) is 0 Å². The number of amides is 1. The minimum Gasteiger partial charge on any atom is -0.351 e. The van der Waals surface area contributed by atoms with Gasteiger partial charge in [-0.2, -0.15) is 5.10 Å². The van der Waals surface area contributed by atoms with Gasteiger partial charge in [0.15, 0.2) is 11.6 Å².